The first-order chi connectivity index (χ1) is 21.5. The van der Waals surface area contributed by atoms with Gasteiger partial charge in [0.1, 0.15) is 0 Å². The monoisotopic (exact) mass is 675 g/mol. The van der Waals surface area contributed by atoms with Crippen LogP contribution in [0.15, 0.2) is 109 Å². The van der Waals surface area contributed by atoms with Gasteiger partial charge in [-0.15, -0.1) is 0 Å². The molecule has 0 bridgehead atoms. The Balaban J connectivity index is 1.51. The van der Waals surface area contributed by atoms with Crippen LogP contribution in [0.5, 0.6) is 11.5 Å². The third kappa shape index (κ3) is 7.13. The molecule has 5 rings (SSSR count). The quantitative estimate of drug-likeness (QED) is 0.121. The molecule has 1 aliphatic heterocycles. The van der Waals surface area contributed by atoms with Crippen LogP contribution in [-0.2, 0) is 18.4 Å². The van der Waals surface area contributed by atoms with Crippen molar-refractivity contribution in [2.75, 3.05) is 20.0 Å². The van der Waals surface area contributed by atoms with Crippen molar-refractivity contribution in [3.05, 3.63) is 115 Å². The molecule has 7 nitrogen and oxygen atoms in total. The summed E-state index contributed by atoms with van der Waals surface area (Å²) in [6.45, 7) is 4.49. The van der Waals surface area contributed by atoms with Crippen molar-refractivity contribution >= 4 is 40.0 Å². The molecule has 1 N–H and O–H groups in total. The van der Waals surface area contributed by atoms with Crippen LogP contribution in [0.3, 0.4) is 0 Å². The van der Waals surface area contributed by atoms with E-state index in [9.17, 15) is 9.36 Å². The van der Waals surface area contributed by atoms with Crippen molar-refractivity contribution in [3.63, 3.8) is 0 Å². The first-order valence-corrected chi connectivity index (χ1v) is 21.5. The Kier molecular flexibility index (Phi) is 11.0. The summed E-state index contributed by atoms with van der Waals surface area (Å²) in [5, 5.41) is 3.75. The molecule has 4 aromatic carbocycles. The average Bonchev–Trinajstić information content (AvgIpc) is 3.55. The topological polar surface area (TPSA) is 83.1 Å². The van der Waals surface area contributed by atoms with Crippen LogP contribution in [0, 0.1) is 0 Å². The van der Waals surface area contributed by atoms with E-state index in [4.69, 9.17) is 18.5 Å². The number of nitrogens with one attached hydrogen (secondary N) is 1. The minimum absolute atomic E-state index is 0.110. The number of benzene rings is 4. The Hall–Kier alpha value is -3.36. The molecule has 0 saturated carbocycles. The fourth-order valence-electron chi connectivity index (χ4n) is 5.68. The Labute approximate surface area is 262 Å². The van der Waals surface area contributed by atoms with E-state index < -0.39 is 26.6 Å². The summed E-state index contributed by atoms with van der Waals surface area (Å²) in [6.07, 6.45) is 1.55. The molecule has 9 heteroatoms. The Morgan fingerprint density at radius 3 is 1.77 bits per heavy atom. The Morgan fingerprint density at radius 1 is 0.773 bits per heavy atom. The van der Waals surface area contributed by atoms with E-state index in [1.165, 1.54) is 13.2 Å². The van der Waals surface area contributed by atoms with Gasteiger partial charge >= 0.3 is 264 Å². The predicted octanol–water partition coefficient (Wildman–Crippen LogP) is 6.14. The number of amides is 1. The number of ether oxygens (including phenoxy) is 2. The van der Waals surface area contributed by atoms with E-state index in [0.29, 0.717) is 35.2 Å². The zero-order valence-electron chi connectivity index (χ0n) is 25.3. The summed E-state index contributed by atoms with van der Waals surface area (Å²) in [5.41, 5.74) is 0.583. The molecule has 0 saturated heterocycles. The van der Waals surface area contributed by atoms with Gasteiger partial charge in [-0.1, -0.05) is 0 Å². The minimum atomic E-state index is -3.81. The second-order valence-corrected chi connectivity index (χ2v) is 21.4. The summed E-state index contributed by atoms with van der Waals surface area (Å²) in [5.74, 6) is -0.0878. The molecule has 0 spiro atoms. The van der Waals surface area contributed by atoms with Crippen molar-refractivity contribution in [1.29, 1.82) is 0 Å². The van der Waals surface area contributed by atoms with Crippen molar-refractivity contribution in [2.45, 2.75) is 44.1 Å². The summed E-state index contributed by atoms with van der Waals surface area (Å²) in [6, 6.07) is 37.0. The molecule has 0 aliphatic carbocycles. The van der Waals surface area contributed by atoms with Gasteiger partial charge in [0.25, 0.3) is 0 Å². The molecular formula is C35H40GeNO6P. The van der Waals surface area contributed by atoms with Gasteiger partial charge in [-0.05, 0) is 0 Å². The summed E-state index contributed by atoms with van der Waals surface area (Å²) in [7, 11) is -3.81. The summed E-state index contributed by atoms with van der Waals surface area (Å²) < 4.78 is 41.2. The number of carbonyl (C=O) groups is 1. The number of hydrogen-bond donors (Lipinski definition) is 1. The number of carbonyl (C=O) groups excluding carboxylic acids is 1. The van der Waals surface area contributed by atoms with Gasteiger partial charge in [0.05, 0.1) is 0 Å². The van der Waals surface area contributed by atoms with Gasteiger partial charge in [0, 0.05) is 0 Å². The molecule has 0 aromatic heterocycles. The maximum absolute atomic E-state index is 14.4. The van der Waals surface area contributed by atoms with E-state index >= 15 is 0 Å². The number of rotatable bonds is 15. The maximum atomic E-state index is 14.4. The van der Waals surface area contributed by atoms with E-state index in [2.05, 4.69) is 78.1 Å². The third-order valence-electron chi connectivity index (χ3n) is 7.80. The van der Waals surface area contributed by atoms with Gasteiger partial charge in [0.2, 0.25) is 0 Å². The molecule has 0 radical (unpaired) electrons. The van der Waals surface area contributed by atoms with Gasteiger partial charge in [-0.2, -0.15) is 0 Å². The van der Waals surface area contributed by atoms with Crippen LogP contribution >= 0.6 is 7.60 Å². The van der Waals surface area contributed by atoms with Gasteiger partial charge < -0.3 is 0 Å². The first kappa shape index (κ1) is 32.0. The second kappa shape index (κ2) is 15.1. The fraction of sp³-hybridized carbons (Fsp3) is 0.286. The molecule has 4 aromatic rings. The summed E-state index contributed by atoms with van der Waals surface area (Å²) in [4.78, 5) is 14.0. The molecule has 230 valence electrons. The molecule has 1 amide bonds. The summed E-state index contributed by atoms with van der Waals surface area (Å²) >= 11 is -3.36. The third-order valence-corrected chi connectivity index (χ3v) is 20.3. The van der Waals surface area contributed by atoms with Crippen LogP contribution in [-0.4, -0.2) is 39.2 Å². The SMILES string of the molecule is CCCOP(=O)(OCCC)C(NC(=O)C[CH2][Ge]([c]1ccccc1)([c]1ccccc1)[c]1ccccc1)c1ccc2c(c1)OCO2. The van der Waals surface area contributed by atoms with Gasteiger partial charge in [0.15, 0.2) is 0 Å². The van der Waals surface area contributed by atoms with Crippen molar-refractivity contribution < 1.29 is 27.9 Å². The number of hydrogen-bond acceptors (Lipinski definition) is 6. The molecule has 1 aliphatic rings. The normalized spacial score (nSPS) is 13.4. The van der Waals surface area contributed by atoms with Crippen LogP contribution in [0.25, 0.3) is 0 Å². The van der Waals surface area contributed by atoms with E-state index in [0.717, 1.165) is 0 Å². The number of fused-ring (bicyclic) bond motifs is 1. The van der Waals surface area contributed by atoms with Crippen LogP contribution in [0.4, 0.5) is 0 Å². The van der Waals surface area contributed by atoms with E-state index in [1.54, 1.807) is 18.2 Å². The Bertz CT molecular complexity index is 1450. The molecule has 1 heterocycles. The predicted molar refractivity (Wildman–Crippen MR) is 177 cm³/mol. The molecule has 1 atom stereocenters. The van der Waals surface area contributed by atoms with Crippen molar-refractivity contribution in [1.82, 2.24) is 5.32 Å². The van der Waals surface area contributed by atoms with Crippen LogP contribution < -0.4 is 28.0 Å². The van der Waals surface area contributed by atoms with Crippen molar-refractivity contribution in [3.8, 4) is 11.5 Å². The molecule has 1 unspecified atom stereocenters. The second-order valence-electron chi connectivity index (χ2n) is 10.8. The molecule has 44 heavy (non-hydrogen) atoms. The molecule has 0 fully saturated rings. The van der Waals surface area contributed by atoms with Crippen molar-refractivity contribution in [2.24, 2.45) is 0 Å². The Morgan fingerprint density at radius 2 is 1.27 bits per heavy atom. The fourth-order valence-corrected chi connectivity index (χ4v) is 17.7. The van der Waals surface area contributed by atoms with E-state index in [1.807, 2.05) is 32.0 Å². The first-order valence-electron chi connectivity index (χ1n) is 15.2. The van der Waals surface area contributed by atoms with Gasteiger partial charge in [-0.3, -0.25) is 0 Å². The van der Waals surface area contributed by atoms with E-state index in [-0.39, 0.29) is 32.3 Å². The zero-order valence-corrected chi connectivity index (χ0v) is 28.3. The molecular weight excluding hydrogens is 634 g/mol. The zero-order chi connectivity index (χ0) is 30.8. The average molecular weight is 674 g/mol. The standard InChI is InChI=1S/C35H40GeNO6P/c1-3-24-42-44(39,43-25-4-2)35(28-20-21-32-33(26-28)41-27-40-32)37-34(38)22-23-36(29-14-8-5-9-15-29,30-16-10-6-11-17-30)31-18-12-7-13-19-31/h5-21,26,35H,3-4,22-25,27H2,1-2H3,(H,37,38). The van der Waals surface area contributed by atoms with Gasteiger partial charge in [-0.25, -0.2) is 0 Å². The van der Waals surface area contributed by atoms with Crippen LogP contribution in [0.1, 0.15) is 44.5 Å². The van der Waals surface area contributed by atoms with Crippen LogP contribution in [0.2, 0.25) is 5.25 Å².